The Balaban J connectivity index is 2.16. The van der Waals surface area contributed by atoms with Crippen molar-refractivity contribution in [3.8, 4) is 11.5 Å². The summed E-state index contributed by atoms with van der Waals surface area (Å²) in [6.07, 6.45) is 3.54. The highest BCUT2D eigenvalue weighted by Crippen LogP contribution is 2.33. The van der Waals surface area contributed by atoms with Crippen molar-refractivity contribution in [2.75, 3.05) is 0 Å². The minimum Gasteiger partial charge on any atom is -0.504 e. The van der Waals surface area contributed by atoms with Crippen LogP contribution in [0.2, 0.25) is 0 Å². The molecule has 1 aromatic carbocycles. The molecular weight excluding hydrogens is 246 g/mol. The minimum atomic E-state index is -0.352. The van der Waals surface area contributed by atoms with Crippen molar-refractivity contribution in [1.82, 2.24) is 5.32 Å². The number of Topliss-reactive ketones (excluding diaryl/α,β-unsaturated/α-hetero) is 1. The van der Waals surface area contributed by atoms with E-state index in [2.05, 4.69) is 5.32 Å². The monoisotopic (exact) mass is 261 g/mol. The number of rotatable bonds is 4. The van der Waals surface area contributed by atoms with E-state index in [1.54, 1.807) is 0 Å². The van der Waals surface area contributed by atoms with Crippen LogP contribution in [0.3, 0.4) is 0 Å². The van der Waals surface area contributed by atoms with Crippen LogP contribution in [0.25, 0.3) is 6.08 Å². The summed E-state index contributed by atoms with van der Waals surface area (Å²) in [4.78, 5) is 23.6. The number of allylic oxidation sites excluding steroid dienone is 1. The van der Waals surface area contributed by atoms with Crippen molar-refractivity contribution in [1.29, 1.82) is 0 Å². The van der Waals surface area contributed by atoms with Gasteiger partial charge in [-0.3, -0.25) is 9.59 Å². The molecule has 0 aromatic heterocycles. The van der Waals surface area contributed by atoms with Crippen molar-refractivity contribution in [3.63, 3.8) is 0 Å². The first kappa shape index (κ1) is 13.1. The summed E-state index contributed by atoms with van der Waals surface area (Å²) in [5.74, 6) is -1.20. The number of carbonyl (C=O) groups is 2. The molecule has 0 saturated carbocycles. The zero-order chi connectivity index (χ0) is 14.0. The summed E-state index contributed by atoms with van der Waals surface area (Å²) in [6.45, 7) is 1.98. The van der Waals surface area contributed by atoms with Crippen molar-refractivity contribution in [2.24, 2.45) is 0 Å². The Hall–Kier alpha value is -2.30. The molecule has 5 heteroatoms. The molecule has 3 N–H and O–H groups in total. The summed E-state index contributed by atoms with van der Waals surface area (Å²) < 4.78 is 0. The van der Waals surface area contributed by atoms with E-state index < -0.39 is 0 Å². The number of fused-ring (bicyclic) bond motifs is 1. The highest BCUT2D eigenvalue weighted by Gasteiger charge is 2.25. The maximum absolute atomic E-state index is 12.0. The molecule has 0 fully saturated rings. The zero-order valence-electron chi connectivity index (χ0n) is 10.6. The van der Waals surface area contributed by atoms with Gasteiger partial charge in [0.25, 0.3) is 0 Å². The standard InChI is InChI=1S/C14H15NO4/c1-2-3-4-13(18)15-10-5-8-6-11(16)12(17)7-9(8)14(10)19/h5-7,16-17H,2-4H2,1H3,(H,15,18,19). The summed E-state index contributed by atoms with van der Waals surface area (Å²) >= 11 is 0. The Kier molecular flexibility index (Phi) is 3.55. The smallest absolute Gasteiger partial charge is 0.224 e. The summed E-state index contributed by atoms with van der Waals surface area (Å²) in [5.41, 5.74) is 0.952. The van der Waals surface area contributed by atoms with Crippen LogP contribution < -0.4 is 5.32 Å². The zero-order valence-corrected chi connectivity index (χ0v) is 10.6. The van der Waals surface area contributed by atoms with Gasteiger partial charge in [-0.15, -0.1) is 0 Å². The van der Waals surface area contributed by atoms with E-state index in [0.717, 1.165) is 12.8 Å². The van der Waals surface area contributed by atoms with E-state index in [1.165, 1.54) is 18.2 Å². The van der Waals surface area contributed by atoms with Gasteiger partial charge in [-0.25, -0.2) is 0 Å². The number of unbranched alkanes of at least 4 members (excludes halogenated alkanes) is 1. The molecule has 100 valence electrons. The van der Waals surface area contributed by atoms with Gasteiger partial charge in [-0.05, 0) is 30.2 Å². The first-order chi connectivity index (χ1) is 9.02. The lowest BCUT2D eigenvalue weighted by atomic mass is 10.1. The number of hydrogen-bond acceptors (Lipinski definition) is 4. The largest absolute Gasteiger partial charge is 0.504 e. The number of phenols is 2. The third kappa shape index (κ3) is 2.59. The molecule has 0 saturated heterocycles. The second-order valence-electron chi connectivity index (χ2n) is 4.47. The van der Waals surface area contributed by atoms with Crippen LogP contribution in [0.15, 0.2) is 17.8 Å². The Labute approximate surface area is 110 Å². The molecule has 1 aliphatic rings. The van der Waals surface area contributed by atoms with Crippen molar-refractivity contribution >= 4 is 17.8 Å². The van der Waals surface area contributed by atoms with Crippen LogP contribution in [0.1, 0.15) is 42.1 Å². The van der Waals surface area contributed by atoms with Gasteiger partial charge in [0.1, 0.15) is 0 Å². The van der Waals surface area contributed by atoms with Crippen LogP contribution in [-0.4, -0.2) is 21.9 Å². The van der Waals surface area contributed by atoms with Gasteiger partial charge in [0.15, 0.2) is 11.5 Å². The molecule has 2 rings (SSSR count). The van der Waals surface area contributed by atoms with Crippen LogP contribution in [0, 0.1) is 0 Å². The summed E-state index contributed by atoms with van der Waals surface area (Å²) in [6, 6.07) is 2.50. The normalized spacial score (nSPS) is 13.1. The number of benzene rings is 1. The van der Waals surface area contributed by atoms with Gasteiger partial charge in [0.2, 0.25) is 11.7 Å². The van der Waals surface area contributed by atoms with E-state index in [1.807, 2.05) is 6.92 Å². The lowest BCUT2D eigenvalue weighted by molar-refractivity contribution is -0.120. The number of hydrogen-bond donors (Lipinski definition) is 3. The van der Waals surface area contributed by atoms with Crippen molar-refractivity contribution in [3.05, 3.63) is 29.0 Å². The lowest BCUT2D eigenvalue weighted by Crippen LogP contribution is -2.25. The molecule has 5 nitrogen and oxygen atoms in total. The van der Waals surface area contributed by atoms with E-state index in [4.69, 9.17) is 0 Å². The molecule has 0 radical (unpaired) electrons. The van der Waals surface area contributed by atoms with E-state index in [0.29, 0.717) is 12.0 Å². The average Bonchev–Trinajstić information content (AvgIpc) is 2.65. The fourth-order valence-electron chi connectivity index (χ4n) is 1.92. The van der Waals surface area contributed by atoms with Gasteiger partial charge < -0.3 is 15.5 Å². The predicted octanol–water partition coefficient (Wildman–Crippen LogP) is 1.94. The van der Waals surface area contributed by atoms with Crippen LogP contribution in [0.5, 0.6) is 11.5 Å². The molecular formula is C14H15NO4. The third-order valence-corrected chi connectivity index (χ3v) is 2.97. The summed E-state index contributed by atoms with van der Waals surface area (Å²) in [5, 5.41) is 21.3. The first-order valence-corrected chi connectivity index (χ1v) is 6.15. The molecule has 1 aromatic rings. The van der Waals surface area contributed by atoms with Crippen LogP contribution in [-0.2, 0) is 4.79 Å². The van der Waals surface area contributed by atoms with Crippen molar-refractivity contribution < 1.29 is 19.8 Å². The van der Waals surface area contributed by atoms with E-state index in [-0.39, 0.29) is 34.4 Å². The van der Waals surface area contributed by atoms with Gasteiger partial charge in [-0.2, -0.15) is 0 Å². The molecule has 0 aliphatic heterocycles. The average molecular weight is 261 g/mol. The van der Waals surface area contributed by atoms with Gasteiger partial charge in [-0.1, -0.05) is 13.3 Å². The number of phenolic OH excluding ortho intramolecular Hbond substituents is 2. The number of ketones is 1. The summed E-state index contributed by atoms with van der Waals surface area (Å²) in [7, 11) is 0. The van der Waals surface area contributed by atoms with E-state index in [9.17, 15) is 19.8 Å². The third-order valence-electron chi connectivity index (χ3n) is 2.97. The highest BCUT2D eigenvalue weighted by molar-refractivity contribution is 6.19. The second kappa shape index (κ2) is 5.14. The van der Waals surface area contributed by atoms with Gasteiger partial charge >= 0.3 is 0 Å². The Morgan fingerprint density at radius 3 is 2.63 bits per heavy atom. The van der Waals surface area contributed by atoms with Crippen molar-refractivity contribution in [2.45, 2.75) is 26.2 Å². The molecule has 0 atom stereocenters. The SMILES string of the molecule is CCCCC(=O)NC1=Cc2cc(O)c(O)cc2C1=O. The van der Waals surface area contributed by atoms with E-state index >= 15 is 0 Å². The number of aromatic hydroxyl groups is 2. The van der Waals surface area contributed by atoms with Crippen LogP contribution >= 0.6 is 0 Å². The minimum absolute atomic E-state index is 0.182. The molecule has 0 heterocycles. The van der Waals surface area contributed by atoms with Gasteiger partial charge in [0.05, 0.1) is 5.70 Å². The first-order valence-electron chi connectivity index (χ1n) is 6.15. The predicted molar refractivity (Wildman–Crippen MR) is 69.7 cm³/mol. The fourth-order valence-corrected chi connectivity index (χ4v) is 1.92. The highest BCUT2D eigenvalue weighted by atomic mass is 16.3. The molecule has 19 heavy (non-hydrogen) atoms. The molecule has 0 bridgehead atoms. The lowest BCUT2D eigenvalue weighted by Gasteiger charge is -2.04. The molecule has 0 spiro atoms. The Morgan fingerprint density at radius 1 is 1.26 bits per heavy atom. The molecule has 0 unspecified atom stereocenters. The fraction of sp³-hybridized carbons (Fsp3) is 0.286. The molecule has 1 aliphatic carbocycles. The Bertz CT molecular complexity index is 575. The maximum Gasteiger partial charge on any atom is 0.224 e. The number of nitrogens with one attached hydrogen (secondary N) is 1. The Morgan fingerprint density at radius 2 is 1.95 bits per heavy atom. The number of carbonyl (C=O) groups excluding carboxylic acids is 2. The quantitative estimate of drug-likeness (QED) is 0.723. The molecule has 1 amide bonds. The topological polar surface area (TPSA) is 86.6 Å². The maximum atomic E-state index is 12.0. The number of amides is 1. The van der Waals surface area contributed by atoms with Gasteiger partial charge in [0, 0.05) is 12.0 Å². The second-order valence-corrected chi connectivity index (χ2v) is 4.47. The van der Waals surface area contributed by atoms with Crippen LogP contribution in [0.4, 0.5) is 0 Å².